The molecule has 39 heavy (non-hydrogen) atoms. The van der Waals surface area contributed by atoms with Gasteiger partial charge < -0.3 is 15.3 Å². The molecule has 0 amide bonds. The number of fused-ring (bicyclic) bond motifs is 3. The molecule has 4 aliphatic rings. The van der Waals surface area contributed by atoms with Gasteiger partial charge in [0.25, 0.3) is 0 Å². The molecule has 6 nitrogen and oxygen atoms in total. The number of rotatable bonds is 3. The van der Waals surface area contributed by atoms with Crippen LogP contribution in [0, 0.1) is 17.7 Å². The molecular weight excluding hydrogens is 520 g/mol. The van der Waals surface area contributed by atoms with Crippen LogP contribution in [0.25, 0.3) is 22.2 Å². The van der Waals surface area contributed by atoms with Gasteiger partial charge in [-0.2, -0.15) is 0 Å². The van der Waals surface area contributed by atoms with Gasteiger partial charge in [0.1, 0.15) is 28.8 Å². The predicted molar refractivity (Wildman–Crippen MR) is 149 cm³/mol. The smallest absolute Gasteiger partial charge is 0.175 e. The van der Waals surface area contributed by atoms with Gasteiger partial charge in [-0.1, -0.05) is 17.5 Å². The number of hydrogen-bond donors (Lipinski definition) is 2. The van der Waals surface area contributed by atoms with Crippen LogP contribution in [0.5, 0.6) is 5.75 Å². The number of alkyl halides is 1. The van der Waals surface area contributed by atoms with Crippen molar-refractivity contribution in [3.63, 3.8) is 0 Å². The minimum Gasteiger partial charge on any atom is -0.508 e. The van der Waals surface area contributed by atoms with Gasteiger partial charge in [0, 0.05) is 60.3 Å². The van der Waals surface area contributed by atoms with E-state index in [1.807, 2.05) is 18.0 Å². The van der Waals surface area contributed by atoms with Crippen LogP contribution >= 0.6 is 11.6 Å². The Hall–Kier alpha value is -2.99. The molecule has 9 heteroatoms. The largest absolute Gasteiger partial charge is 0.508 e. The summed E-state index contributed by atoms with van der Waals surface area (Å²) < 4.78 is 30.4. The lowest BCUT2D eigenvalue weighted by atomic mass is 9.98. The zero-order chi connectivity index (χ0) is 26.8. The van der Waals surface area contributed by atoms with Crippen molar-refractivity contribution < 1.29 is 13.9 Å². The van der Waals surface area contributed by atoms with Crippen molar-refractivity contribution in [1.82, 2.24) is 20.2 Å². The van der Waals surface area contributed by atoms with E-state index < -0.39 is 12.0 Å². The van der Waals surface area contributed by atoms with Crippen LogP contribution in [-0.4, -0.2) is 71.0 Å². The van der Waals surface area contributed by atoms with E-state index in [1.54, 1.807) is 12.3 Å². The molecule has 3 aromatic rings. The first kappa shape index (κ1) is 25.0. The molecule has 0 spiro atoms. The van der Waals surface area contributed by atoms with Crippen LogP contribution < -0.4 is 10.2 Å². The van der Waals surface area contributed by atoms with Gasteiger partial charge >= 0.3 is 0 Å². The lowest BCUT2D eigenvalue weighted by molar-refractivity contribution is 0.313. The summed E-state index contributed by atoms with van der Waals surface area (Å²) >= 11 is 6.51. The SMILES string of the molecule is CN1CC(F)CC1C#Cc1cc(N2CC3CCC(C2)N3)c2cnc(-c3cc(O)cc(Cl)c3C3CC3)c(F)c2n1. The number of benzene rings is 1. The number of aromatic nitrogens is 2. The van der Waals surface area contributed by atoms with Crippen LogP contribution in [0.4, 0.5) is 14.5 Å². The normalized spacial score (nSPS) is 26.7. The van der Waals surface area contributed by atoms with Crippen LogP contribution in [0.15, 0.2) is 24.4 Å². The number of pyridine rings is 2. The van der Waals surface area contributed by atoms with Gasteiger partial charge in [0.15, 0.2) is 5.82 Å². The van der Waals surface area contributed by atoms with E-state index in [0.717, 1.165) is 50.0 Å². The van der Waals surface area contributed by atoms with E-state index >= 15 is 4.39 Å². The number of phenols is 1. The number of hydrogen-bond acceptors (Lipinski definition) is 6. The second-order valence-electron chi connectivity index (χ2n) is 11.5. The molecule has 202 valence electrons. The number of likely N-dealkylation sites (tertiary alicyclic amines) is 1. The topological polar surface area (TPSA) is 64.5 Å². The number of aromatic hydroxyl groups is 1. The molecule has 2 N–H and O–H groups in total. The van der Waals surface area contributed by atoms with Crippen molar-refractivity contribution in [2.75, 3.05) is 31.6 Å². The number of phenolic OH excluding ortho intramolecular Hbond substituents is 1. The average molecular weight is 550 g/mol. The fourth-order valence-electron chi connectivity index (χ4n) is 6.49. The Morgan fingerprint density at radius 2 is 1.87 bits per heavy atom. The Kier molecular flexibility index (Phi) is 6.14. The summed E-state index contributed by atoms with van der Waals surface area (Å²) in [7, 11) is 1.87. The van der Waals surface area contributed by atoms with Gasteiger partial charge in [-0.05, 0) is 68.3 Å². The zero-order valence-electron chi connectivity index (χ0n) is 21.7. The van der Waals surface area contributed by atoms with Gasteiger partial charge in [-0.15, -0.1) is 0 Å². The molecule has 0 radical (unpaired) electrons. The highest BCUT2D eigenvalue weighted by Crippen LogP contribution is 2.49. The monoisotopic (exact) mass is 549 g/mol. The summed E-state index contributed by atoms with van der Waals surface area (Å²) in [5, 5.41) is 15.0. The molecule has 4 unspecified atom stereocenters. The molecule has 5 heterocycles. The van der Waals surface area contributed by atoms with E-state index in [4.69, 9.17) is 11.6 Å². The molecular formula is C30H30ClF2N5O. The molecule has 4 atom stereocenters. The van der Waals surface area contributed by atoms with Crippen molar-refractivity contribution in [3.05, 3.63) is 46.5 Å². The third kappa shape index (κ3) is 4.61. The average Bonchev–Trinajstić information content (AvgIpc) is 3.60. The Balaban J connectivity index is 1.38. The highest BCUT2D eigenvalue weighted by molar-refractivity contribution is 6.32. The van der Waals surface area contributed by atoms with Gasteiger partial charge in [-0.25, -0.2) is 13.8 Å². The number of nitrogens with zero attached hydrogens (tertiary/aromatic N) is 4. The fourth-order valence-corrected chi connectivity index (χ4v) is 6.86. The lowest BCUT2D eigenvalue weighted by Gasteiger charge is -2.35. The summed E-state index contributed by atoms with van der Waals surface area (Å²) in [5.74, 6) is 5.94. The molecule has 3 saturated heterocycles. The third-order valence-corrected chi connectivity index (χ3v) is 8.86. The fraction of sp³-hybridized carbons (Fsp3) is 0.467. The lowest BCUT2D eigenvalue weighted by Crippen LogP contribution is -2.51. The van der Waals surface area contributed by atoms with E-state index in [1.165, 1.54) is 6.07 Å². The van der Waals surface area contributed by atoms with Crippen LogP contribution in [0.3, 0.4) is 0 Å². The Bertz CT molecular complexity index is 1520. The molecule has 1 aliphatic carbocycles. The molecule has 7 rings (SSSR count). The molecule has 1 saturated carbocycles. The maximum absolute atomic E-state index is 16.4. The van der Waals surface area contributed by atoms with Crippen molar-refractivity contribution >= 4 is 28.2 Å². The van der Waals surface area contributed by atoms with Gasteiger partial charge in [0.05, 0.1) is 11.7 Å². The zero-order valence-corrected chi connectivity index (χ0v) is 22.5. The Morgan fingerprint density at radius 3 is 2.56 bits per heavy atom. The van der Waals surface area contributed by atoms with Crippen molar-refractivity contribution in [2.24, 2.45) is 0 Å². The quantitative estimate of drug-likeness (QED) is 0.448. The number of halogens is 3. The first-order chi connectivity index (χ1) is 18.8. The van der Waals surface area contributed by atoms with Gasteiger partial charge in [-0.3, -0.25) is 9.88 Å². The third-order valence-electron chi connectivity index (χ3n) is 8.55. The summed E-state index contributed by atoms with van der Waals surface area (Å²) in [6.45, 7) is 1.99. The number of nitrogens with one attached hydrogen (secondary N) is 1. The highest BCUT2D eigenvalue weighted by Gasteiger charge is 2.34. The molecule has 2 bridgehead atoms. The number of piperazine rings is 1. The Labute approximate surface area is 231 Å². The number of anilines is 1. The van der Waals surface area contributed by atoms with E-state index in [9.17, 15) is 9.50 Å². The first-order valence-electron chi connectivity index (χ1n) is 13.7. The van der Waals surface area contributed by atoms with Gasteiger partial charge in [0.2, 0.25) is 0 Å². The maximum Gasteiger partial charge on any atom is 0.175 e. The van der Waals surface area contributed by atoms with Crippen LogP contribution in [0.2, 0.25) is 5.02 Å². The summed E-state index contributed by atoms with van der Waals surface area (Å²) in [5.41, 5.74) is 2.95. The summed E-state index contributed by atoms with van der Waals surface area (Å²) in [4.78, 5) is 13.4. The van der Waals surface area contributed by atoms with E-state index in [2.05, 4.69) is 32.0 Å². The molecule has 4 fully saturated rings. The molecule has 2 aromatic heterocycles. The maximum atomic E-state index is 16.4. The first-order valence-corrected chi connectivity index (χ1v) is 14.1. The summed E-state index contributed by atoms with van der Waals surface area (Å²) in [6.07, 6.45) is 5.32. The van der Waals surface area contributed by atoms with E-state index in [-0.39, 0.29) is 28.9 Å². The van der Waals surface area contributed by atoms with Crippen molar-refractivity contribution in [2.45, 2.75) is 62.3 Å². The predicted octanol–water partition coefficient (Wildman–Crippen LogP) is 5.01. The van der Waals surface area contributed by atoms with Crippen LogP contribution in [0.1, 0.15) is 49.3 Å². The molecule has 3 aliphatic heterocycles. The minimum absolute atomic E-state index is 0.0305. The standard InChI is InChI=1S/C30H30ClF2N5O/c1-37-13-17(32)8-21(37)7-6-18-9-26(38-14-19-4-5-20(15-38)35-19)24-12-34-29(28(33)30(24)36-18)23-10-22(39)11-25(31)27(23)16-2-3-16/h9-12,16-17,19-21,35,39H,2-5,8,13-15H2,1H3. The highest BCUT2D eigenvalue weighted by atomic mass is 35.5. The van der Waals surface area contributed by atoms with Crippen LogP contribution in [-0.2, 0) is 0 Å². The van der Waals surface area contributed by atoms with Crippen molar-refractivity contribution in [3.8, 4) is 28.8 Å². The van der Waals surface area contributed by atoms with E-state index in [0.29, 0.717) is 46.7 Å². The minimum atomic E-state index is -0.897. The second kappa shape index (κ2) is 9.58. The molecule has 1 aromatic carbocycles. The second-order valence-corrected chi connectivity index (χ2v) is 11.9. The summed E-state index contributed by atoms with van der Waals surface area (Å²) in [6, 6.07) is 5.54. The van der Waals surface area contributed by atoms with Crippen molar-refractivity contribution in [1.29, 1.82) is 0 Å². The Morgan fingerprint density at radius 1 is 1.10 bits per heavy atom.